The number of nitrogens with zero attached hydrogens (tertiary/aromatic N) is 2. The van der Waals surface area contributed by atoms with Crippen LogP contribution in [-0.2, 0) is 18.8 Å². The molecule has 0 aliphatic heterocycles. The molecule has 0 spiro atoms. The molecular weight excluding hydrogens is 1640 g/mol. The Balaban J connectivity index is 0.0000140. The fourth-order valence-corrected chi connectivity index (χ4v) is 15.3. The molecule has 0 fully saturated rings. The Morgan fingerprint density at radius 3 is 0.647 bits per heavy atom. The third kappa shape index (κ3) is 50.3. The average Bonchev–Trinajstić information content (AvgIpc) is 0.801. The average molecular weight is 1810 g/mol. The van der Waals surface area contributed by atoms with Crippen molar-refractivity contribution in [3.05, 3.63) is 107 Å². The van der Waals surface area contributed by atoms with Crippen molar-refractivity contribution in [3.8, 4) is 57.0 Å². The van der Waals surface area contributed by atoms with Crippen LogP contribution >= 0.6 is 9.42 Å². The number of ether oxygens (including phenoxy) is 6. The van der Waals surface area contributed by atoms with Crippen LogP contribution in [0.2, 0.25) is 0 Å². The molecule has 0 N–H and O–H groups in total. The van der Waals surface area contributed by atoms with Crippen LogP contribution in [0.1, 0.15) is 449 Å². The van der Waals surface area contributed by atoms with Gasteiger partial charge in [-0.05, 0) is 85.0 Å². The SMILES string of the molecule is CCCCCCCCCCCCOc1cc(/C=C/c2ccc(-c3[c-]c(-c4ccc(/C=C/c5cc(OCCCCCCCCCCCC)c(OCCCCCCCCCCCC)c(OCCCCCCCCCCCC)c5)cn4)c(F)cc3F)nc2)cc(OCCCCCCCCCCCC)c1OCCCCCCCCCCCC.[Cl][Pt+]. The molecule has 5 aromatic rings. The summed E-state index contributed by atoms with van der Waals surface area (Å²) in [7, 11) is 4.61. The molecule has 5 rings (SSSR count). The van der Waals surface area contributed by atoms with Crippen LogP contribution in [-0.4, -0.2) is 49.6 Å². The van der Waals surface area contributed by atoms with Crippen molar-refractivity contribution in [1.29, 1.82) is 0 Å². The van der Waals surface area contributed by atoms with E-state index in [-0.39, 0.29) is 11.1 Å². The fraction of sp³-hybridized carbons (Fsp3) is 0.692. The van der Waals surface area contributed by atoms with Gasteiger partial charge in [0.05, 0.1) is 51.3 Å². The van der Waals surface area contributed by atoms with E-state index in [0.717, 1.165) is 128 Å². The van der Waals surface area contributed by atoms with Crippen molar-refractivity contribution in [1.82, 2.24) is 9.97 Å². The van der Waals surface area contributed by atoms with Crippen molar-refractivity contribution < 1.29 is 56.0 Å². The summed E-state index contributed by atoms with van der Waals surface area (Å²) in [5, 5.41) is 0. The monoisotopic (exact) mass is 1810 g/mol. The maximum atomic E-state index is 16.0. The molecule has 0 atom stereocenters. The molecular formula is C104H165ClF2N2O6Pt. The van der Waals surface area contributed by atoms with Gasteiger partial charge in [-0.15, -0.1) is 6.07 Å². The van der Waals surface area contributed by atoms with Gasteiger partial charge in [-0.3, -0.25) is 18.7 Å². The van der Waals surface area contributed by atoms with Crippen molar-refractivity contribution >= 4 is 33.7 Å². The second kappa shape index (κ2) is 74.0. The van der Waals surface area contributed by atoms with Gasteiger partial charge < -0.3 is 28.4 Å². The molecule has 8 nitrogen and oxygen atoms in total. The zero-order chi connectivity index (χ0) is 82.9. The van der Waals surface area contributed by atoms with Crippen molar-refractivity contribution in [2.45, 2.75) is 427 Å². The Labute approximate surface area is 725 Å². The van der Waals surface area contributed by atoms with Crippen molar-refractivity contribution in [3.63, 3.8) is 0 Å². The van der Waals surface area contributed by atoms with Crippen LogP contribution in [0, 0.1) is 17.7 Å². The van der Waals surface area contributed by atoms with E-state index >= 15 is 8.78 Å². The van der Waals surface area contributed by atoms with Crippen LogP contribution in [0.3, 0.4) is 0 Å². The molecule has 0 aliphatic carbocycles. The van der Waals surface area contributed by atoms with Crippen LogP contribution in [0.15, 0.2) is 67.0 Å². The second-order valence-corrected chi connectivity index (χ2v) is 33.2. The van der Waals surface area contributed by atoms with Gasteiger partial charge in [0, 0.05) is 23.8 Å². The second-order valence-electron chi connectivity index (χ2n) is 33.2. The van der Waals surface area contributed by atoms with Crippen molar-refractivity contribution in [2.24, 2.45) is 0 Å². The number of unbranched alkanes of at least 4 members (excludes halogenated alkanes) is 54. The number of hydrogen-bond donors (Lipinski definition) is 0. The van der Waals surface area contributed by atoms with E-state index in [1.54, 1.807) is 43.3 Å². The molecule has 12 heteroatoms. The van der Waals surface area contributed by atoms with E-state index in [1.807, 2.05) is 24.3 Å². The maximum absolute atomic E-state index is 16.0. The molecule has 116 heavy (non-hydrogen) atoms. The minimum absolute atomic E-state index is 0.0720. The molecule has 2 aromatic heterocycles. The Morgan fingerprint density at radius 1 is 0.259 bits per heavy atom. The van der Waals surface area contributed by atoms with Gasteiger partial charge in [0.1, 0.15) is 0 Å². The number of hydrogen-bond acceptors (Lipinski definition) is 8. The van der Waals surface area contributed by atoms with Crippen LogP contribution < -0.4 is 28.4 Å². The third-order valence-corrected chi connectivity index (χ3v) is 22.6. The Bertz CT molecular complexity index is 2860. The fourth-order valence-electron chi connectivity index (χ4n) is 15.3. The van der Waals surface area contributed by atoms with Crippen LogP contribution in [0.4, 0.5) is 8.78 Å². The summed E-state index contributed by atoms with van der Waals surface area (Å²) in [4.78, 5) is 9.49. The Kier molecular flexibility index (Phi) is 65.9. The van der Waals surface area contributed by atoms with Crippen LogP contribution in [0.25, 0.3) is 46.8 Å². The summed E-state index contributed by atoms with van der Waals surface area (Å²) >= 11 is 1.61. The number of rotatable bonds is 78. The van der Waals surface area contributed by atoms with Gasteiger partial charge in [0.15, 0.2) is 23.0 Å². The van der Waals surface area contributed by atoms with Crippen molar-refractivity contribution in [2.75, 3.05) is 39.6 Å². The first-order valence-corrected chi connectivity index (χ1v) is 51.1. The van der Waals surface area contributed by atoms with E-state index in [9.17, 15) is 0 Å². The van der Waals surface area contributed by atoms with E-state index in [1.165, 1.54) is 308 Å². The third-order valence-electron chi connectivity index (χ3n) is 22.6. The van der Waals surface area contributed by atoms with E-state index in [0.29, 0.717) is 62.5 Å². The Morgan fingerprint density at radius 2 is 0.448 bits per heavy atom. The summed E-state index contributed by atoms with van der Waals surface area (Å²) in [5.74, 6) is 2.79. The normalized spacial score (nSPS) is 11.5. The zero-order valence-electron chi connectivity index (χ0n) is 74.6. The first-order valence-electron chi connectivity index (χ1n) is 48.3. The number of aromatic nitrogens is 2. The molecule has 2 heterocycles. The molecule has 0 amide bonds. The van der Waals surface area contributed by atoms with Gasteiger partial charge in [-0.25, -0.2) is 0 Å². The predicted molar refractivity (Wildman–Crippen MR) is 492 cm³/mol. The van der Waals surface area contributed by atoms with E-state index < -0.39 is 11.6 Å². The number of pyridine rings is 2. The molecule has 3 aromatic carbocycles. The van der Waals surface area contributed by atoms with Gasteiger partial charge in [0.2, 0.25) is 11.5 Å². The zero-order valence-corrected chi connectivity index (χ0v) is 77.7. The summed E-state index contributed by atoms with van der Waals surface area (Å²) in [6.07, 6.45) is 87.2. The van der Waals surface area contributed by atoms with Crippen LogP contribution in [0.5, 0.6) is 34.5 Å². The topological polar surface area (TPSA) is 81.2 Å². The van der Waals surface area contributed by atoms with Gasteiger partial charge >= 0.3 is 28.2 Å². The minimum atomic E-state index is -0.744. The summed E-state index contributed by atoms with van der Waals surface area (Å²) in [6.45, 7) is 17.4. The number of benzene rings is 3. The first kappa shape index (κ1) is 103. The van der Waals surface area contributed by atoms with Gasteiger partial charge in [-0.1, -0.05) is 454 Å². The summed E-state index contributed by atoms with van der Waals surface area (Å²) < 4.78 is 72.3. The number of halogens is 3. The summed E-state index contributed by atoms with van der Waals surface area (Å²) in [6, 6.07) is 19.7. The predicted octanol–water partition coefficient (Wildman–Crippen LogP) is 34.7. The van der Waals surface area contributed by atoms with E-state index in [4.69, 9.17) is 38.4 Å². The molecule has 0 aliphatic rings. The van der Waals surface area contributed by atoms with Gasteiger partial charge in [-0.2, -0.15) is 0 Å². The molecule has 0 radical (unpaired) electrons. The quantitative estimate of drug-likeness (QED) is 0.0281. The molecule has 0 saturated heterocycles. The molecule has 0 saturated carbocycles. The Hall–Kier alpha value is -4.92. The first-order chi connectivity index (χ1) is 57.3. The molecule has 0 unspecified atom stereocenters. The standard InChI is InChI=1S/C104H165F2N2O6.ClH.Pt/c1-7-13-19-25-31-37-43-49-55-61-75-109-99-81-91(82-100(110-76-62-56-50-44-38-32-26-20-14-8-2)103(99)113-79-65-59-53-47-41-35-29-23-17-11-5)69-67-89-71-73-97(107-87-89)93-85-94(96(106)86-95(93)105)98-74-72-90(88-108-98)68-70-92-83-101(111-77-63-57-51-45-39-33-27-21-15-9-3)104(114-80-66-60-54-48-42-36-30-24-18-12-6)102(84-92)112-78-64-58-52-46-40-34-28-22-16-10-4;;/h67-74,81-84,86-88H,7-66,75-80H2,1-6H3;1H;/q-1;;+2/p-1/b69-67+,70-68+;;. The molecule has 0 bridgehead atoms. The summed E-state index contributed by atoms with van der Waals surface area (Å²) in [5.41, 5.74) is 4.31. The molecule has 658 valence electrons. The van der Waals surface area contributed by atoms with E-state index in [2.05, 4.69) is 93.4 Å². The van der Waals surface area contributed by atoms with Gasteiger partial charge in [0.25, 0.3) is 0 Å².